The number of hydrogen-bond donors (Lipinski definition) is 0. The summed E-state index contributed by atoms with van der Waals surface area (Å²) in [5, 5.41) is 3.88. The van der Waals surface area contributed by atoms with Crippen molar-refractivity contribution in [1.82, 2.24) is 5.16 Å². The lowest BCUT2D eigenvalue weighted by Crippen LogP contribution is -2.07. The molecule has 106 valence electrons. The van der Waals surface area contributed by atoms with Gasteiger partial charge in [-0.25, -0.2) is 0 Å². The van der Waals surface area contributed by atoms with Crippen LogP contribution in [0, 0.1) is 0 Å². The van der Waals surface area contributed by atoms with Crippen LogP contribution >= 0.6 is 0 Å². The smallest absolute Gasteiger partial charge is 0.387 e. The molecule has 5 nitrogen and oxygen atoms in total. The average molecular weight is 281 g/mol. The highest BCUT2D eigenvalue weighted by molar-refractivity contribution is 5.52. The summed E-state index contributed by atoms with van der Waals surface area (Å²) in [5.41, 5.74) is 2.71. The van der Waals surface area contributed by atoms with E-state index in [1.807, 2.05) is 73.6 Å². The summed E-state index contributed by atoms with van der Waals surface area (Å²) in [6, 6.07) is 17.3. The highest BCUT2D eigenvalue weighted by atomic mass is 16.6. The van der Waals surface area contributed by atoms with Gasteiger partial charge < -0.3 is 9.32 Å². The van der Waals surface area contributed by atoms with Crippen LogP contribution < -0.4 is 10.7 Å². The predicted molar refractivity (Wildman–Crippen MR) is 80.2 cm³/mol. The molecule has 0 spiro atoms. The van der Waals surface area contributed by atoms with Gasteiger partial charge in [-0.1, -0.05) is 18.2 Å². The number of benzene rings is 2. The molecular weight excluding hydrogens is 266 g/mol. The summed E-state index contributed by atoms with van der Waals surface area (Å²) in [6.07, 6.45) is 0. The van der Waals surface area contributed by atoms with E-state index in [0.717, 1.165) is 16.9 Å². The number of anilines is 1. The van der Waals surface area contributed by atoms with E-state index in [1.165, 1.54) is 0 Å². The van der Waals surface area contributed by atoms with E-state index in [2.05, 4.69) is 10.1 Å². The van der Waals surface area contributed by atoms with E-state index in [-0.39, 0.29) is 5.75 Å². The fourth-order valence-corrected chi connectivity index (χ4v) is 1.87. The SMILES string of the molecule is CN(C)c1ccc(N=c2onc(-c3ccccc3)o2)cc1. The Balaban J connectivity index is 1.89. The summed E-state index contributed by atoms with van der Waals surface area (Å²) in [5.74, 6) is 0.547. The number of hydrogen-bond acceptors (Lipinski definition) is 5. The maximum Gasteiger partial charge on any atom is 0.423 e. The van der Waals surface area contributed by atoms with Gasteiger partial charge in [0.05, 0.1) is 5.69 Å². The Morgan fingerprint density at radius 1 is 0.952 bits per heavy atom. The van der Waals surface area contributed by atoms with E-state index in [4.69, 9.17) is 8.94 Å². The Morgan fingerprint density at radius 3 is 2.33 bits per heavy atom. The van der Waals surface area contributed by atoms with E-state index >= 15 is 0 Å². The summed E-state index contributed by atoms with van der Waals surface area (Å²) in [4.78, 5) is 6.30. The van der Waals surface area contributed by atoms with Crippen LogP contribution in [0.3, 0.4) is 0 Å². The van der Waals surface area contributed by atoms with Gasteiger partial charge in [-0.05, 0) is 41.6 Å². The monoisotopic (exact) mass is 281 g/mol. The Kier molecular flexibility index (Phi) is 3.55. The lowest BCUT2D eigenvalue weighted by atomic mass is 10.2. The van der Waals surface area contributed by atoms with E-state index in [9.17, 15) is 0 Å². The van der Waals surface area contributed by atoms with Crippen molar-refractivity contribution in [2.45, 2.75) is 0 Å². The molecule has 0 atom stereocenters. The molecule has 2 aromatic carbocycles. The van der Waals surface area contributed by atoms with Gasteiger partial charge in [0.25, 0.3) is 5.89 Å². The molecule has 0 unspecified atom stereocenters. The fourth-order valence-electron chi connectivity index (χ4n) is 1.87. The van der Waals surface area contributed by atoms with Gasteiger partial charge in [0.15, 0.2) is 0 Å². The third-order valence-electron chi connectivity index (χ3n) is 3.00. The average Bonchev–Trinajstić information content (AvgIpc) is 2.97. The molecule has 1 aromatic heterocycles. The standard InChI is InChI=1S/C16H15N3O2/c1-19(2)14-10-8-13(9-11-14)17-16-20-15(18-21-16)12-6-4-3-5-7-12/h3-11H,1-2H3. The first kappa shape index (κ1) is 13.2. The van der Waals surface area contributed by atoms with E-state index in [0.29, 0.717) is 5.89 Å². The zero-order chi connectivity index (χ0) is 14.7. The topological polar surface area (TPSA) is 54.8 Å². The first-order chi connectivity index (χ1) is 10.2. The second-order valence-corrected chi connectivity index (χ2v) is 4.74. The first-order valence-corrected chi connectivity index (χ1v) is 6.57. The van der Waals surface area contributed by atoms with Crippen LogP contribution in [0.4, 0.5) is 11.4 Å². The van der Waals surface area contributed by atoms with Crippen molar-refractivity contribution < 1.29 is 8.94 Å². The molecule has 0 aliphatic carbocycles. The third kappa shape index (κ3) is 3.02. The van der Waals surface area contributed by atoms with Gasteiger partial charge in [0.1, 0.15) is 0 Å². The lowest BCUT2D eigenvalue weighted by molar-refractivity contribution is 0.321. The van der Waals surface area contributed by atoms with Crippen molar-refractivity contribution in [2.24, 2.45) is 4.99 Å². The summed E-state index contributed by atoms with van der Waals surface area (Å²) in [6.45, 7) is 0. The molecule has 0 aliphatic heterocycles. The molecule has 3 rings (SSSR count). The van der Waals surface area contributed by atoms with Gasteiger partial charge in [0.2, 0.25) is 0 Å². The van der Waals surface area contributed by atoms with Crippen molar-refractivity contribution in [3.63, 3.8) is 0 Å². The van der Waals surface area contributed by atoms with E-state index in [1.54, 1.807) is 0 Å². The Hall–Kier alpha value is -2.82. The Bertz CT molecular complexity index is 771. The van der Waals surface area contributed by atoms with Crippen LogP contribution in [0.5, 0.6) is 0 Å². The first-order valence-electron chi connectivity index (χ1n) is 6.57. The molecule has 3 aromatic rings. The molecule has 21 heavy (non-hydrogen) atoms. The third-order valence-corrected chi connectivity index (χ3v) is 3.00. The van der Waals surface area contributed by atoms with Gasteiger partial charge in [0, 0.05) is 25.3 Å². The van der Waals surface area contributed by atoms with Gasteiger partial charge in [-0.2, -0.15) is 4.99 Å². The molecule has 0 fully saturated rings. The molecule has 0 amide bonds. The molecule has 0 N–H and O–H groups in total. The zero-order valence-corrected chi connectivity index (χ0v) is 11.9. The Labute approximate surface area is 122 Å². The van der Waals surface area contributed by atoms with Crippen LogP contribution in [0.25, 0.3) is 11.5 Å². The van der Waals surface area contributed by atoms with Gasteiger partial charge in [-0.15, -0.1) is 0 Å². The molecule has 0 aliphatic rings. The zero-order valence-electron chi connectivity index (χ0n) is 11.9. The maximum atomic E-state index is 5.50. The summed E-state index contributed by atoms with van der Waals surface area (Å²) in [7, 11) is 3.98. The van der Waals surface area contributed by atoms with Crippen molar-refractivity contribution in [2.75, 3.05) is 19.0 Å². The van der Waals surface area contributed by atoms with Crippen molar-refractivity contribution >= 4 is 11.4 Å². The molecule has 0 radical (unpaired) electrons. The predicted octanol–water partition coefficient (Wildman–Crippen LogP) is 3.23. The minimum absolute atomic E-state index is 0.131. The highest BCUT2D eigenvalue weighted by Gasteiger charge is 2.05. The largest absolute Gasteiger partial charge is 0.423 e. The molecule has 5 heteroatoms. The lowest BCUT2D eigenvalue weighted by Gasteiger charge is -2.11. The van der Waals surface area contributed by atoms with Gasteiger partial charge in [-0.3, -0.25) is 4.52 Å². The maximum absolute atomic E-state index is 5.50. The number of nitrogens with zero attached hydrogens (tertiary/aromatic N) is 3. The molecular formula is C16H15N3O2. The Morgan fingerprint density at radius 2 is 1.67 bits per heavy atom. The van der Waals surface area contributed by atoms with Crippen LogP contribution in [-0.4, -0.2) is 19.3 Å². The normalized spacial score (nSPS) is 11.6. The van der Waals surface area contributed by atoms with Crippen molar-refractivity contribution in [3.8, 4) is 11.5 Å². The molecule has 0 saturated carbocycles. The highest BCUT2D eigenvalue weighted by Crippen LogP contribution is 2.18. The summed E-state index contributed by atoms with van der Waals surface area (Å²) >= 11 is 0. The number of rotatable bonds is 3. The van der Waals surface area contributed by atoms with Crippen molar-refractivity contribution in [1.29, 1.82) is 0 Å². The quantitative estimate of drug-likeness (QED) is 0.739. The summed E-state index contributed by atoms with van der Waals surface area (Å²) < 4.78 is 10.6. The van der Waals surface area contributed by atoms with Crippen LogP contribution in [0.1, 0.15) is 0 Å². The second-order valence-electron chi connectivity index (χ2n) is 4.74. The second kappa shape index (κ2) is 5.66. The number of aromatic nitrogens is 1. The molecule has 1 heterocycles. The minimum atomic E-state index is 0.131. The van der Waals surface area contributed by atoms with Gasteiger partial charge >= 0.3 is 5.75 Å². The van der Waals surface area contributed by atoms with Crippen molar-refractivity contribution in [3.05, 3.63) is 60.3 Å². The van der Waals surface area contributed by atoms with E-state index < -0.39 is 0 Å². The van der Waals surface area contributed by atoms with Crippen LogP contribution in [0.15, 0.2) is 68.5 Å². The van der Waals surface area contributed by atoms with Crippen LogP contribution in [-0.2, 0) is 0 Å². The minimum Gasteiger partial charge on any atom is -0.387 e. The molecule has 0 saturated heterocycles. The van der Waals surface area contributed by atoms with Crippen LogP contribution in [0.2, 0.25) is 0 Å². The molecule has 0 bridgehead atoms. The fraction of sp³-hybridized carbons (Fsp3) is 0.125.